The molecule has 4 aromatic carbocycles. The van der Waals surface area contributed by atoms with Crippen molar-refractivity contribution in [3.05, 3.63) is 119 Å². The van der Waals surface area contributed by atoms with Gasteiger partial charge >= 0.3 is 5.97 Å². The Balaban J connectivity index is 0.000000247. The van der Waals surface area contributed by atoms with E-state index in [9.17, 15) is 29.4 Å². The number of hydrogen-bond donors (Lipinski definition) is 3. The minimum absolute atomic E-state index is 0.0374. The number of rotatable bonds is 14. The van der Waals surface area contributed by atoms with Crippen LogP contribution in [-0.4, -0.2) is 136 Å². The zero-order valence-electron chi connectivity index (χ0n) is 41.8. The topological polar surface area (TPSA) is 176 Å². The van der Waals surface area contributed by atoms with Crippen molar-refractivity contribution >= 4 is 23.7 Å². The molecule has 6 rings (SSSR count). The molecule has 2 unspecified atom stereocenters. The van der Waals surface area contributed by atoms with Crippen LogP contribution in [0, 0.1) is 0 Å². The predicted molar refractivity (Wildman–Crippen MR) is 265 cm³/mol. The van der Waals surface area contributed by atoms with Crippen LogP contribution in [0.15, 0.2) is 97.1 Å². The third kappa shape index (κ3) is 17.2. The Labute approximate surface area is 403 Å². The lowest BCUT2D eigenvalue weighted by Crippen LogP contribution is -2.46. The number of carbonyl (C=O) groups is 4. The summed E-state index contributed by atoms with van der Waals surface area (Å²) in [6, 6.07) is 29.4. The summed E-state index contributed by atoms with van der Waals surface area (Å²) in [4.78, 5) is 51.7. The molecule has 14 nitrogen and oxygen atoms in total. The molecule has 0 spiro atoms. The minimum atomic E-state index is -0.936. The smallest absolute Gasteiger partial charge is 0.307 e. The number of nitrogens with zero attached hydrogens (tertiary/aromatic N) is 3. The van der Waals surface area contributed by atoms with Crippen molar-refractivity contribution in [2.24, 2.45) is 0 Å². The van der Waals surface area contributed by atoms with Crippen LogP contribution in [0.3, 0.4) is 0 Å². The van der Waals surface area contributed by atoms with E-state index in [-0.39, 0.29) is 24.1 Å². The first-order valence-corrected chi connectivity index (χ1v) is 23.1. The molecule has 0 radical (unpaired) electrons. The number of carbonyl (C=O) groups excluding carboxylic acids is 3. The van der Waals surface area contributed by atoms with E-state index in [0.717, 1.165) is 83.8 Å². The number of amides is 3. The van der Waals surface area contributed by atoms with E-state index < -0.39 is 29.0 Å². The molecule has 3 amide bonds. The Morgan fingerprint density at radius 2 is 0.735 bits per heavy atom. The normalized spacial score (nSPS) is 15.3. The average molecular weight is 942 g/mol. The number of carboxylic acid groups (broad SMARTS) is 1. The molecule has 0 bridgehead atoms. The molecule has 4 aromatic rings. The first-order chi connectivity index (χ1) is 32.3. The van der Waals surface area contributed by atoms with Gasteiger partial charge in [0.15, 0.2) is 0 Å². The van der Waals surface area contributed by atoms with Gasteiger partial charge in [-0.2, -0.15) is 0 Å². The molecule has 68 heavy (non-hydrogen) atoms. The molecule has 2 fully saturated rings. The number of benzene rings is 4. The maximum atomic E-state index is 12.6. The zero-order valence-corrected chi connectivity index (χ0v) is 41.8. The van der Waals surface area contributed by atoms with Crippen LogP contribution in [0.1, 0.15) is 98.3 Å². The van der Waals surface area contributed by atoms with Crippen molar-refractivity contribution in [3.8, 4) is 23.0 Å². The first kappa shape index (κ1) is 56.2. The molecule has 2 atom stereocenters. The van der Waals surface area contributed by atoms with Gasteiger partial charge in [-0.1, -0.05) is 87.1 Å². The lowest BCUT2D eigenvalue weighted by Gasteiger charge is -2.39. The standard InChI is InChI=1S/2C17H25NO3.C11H15NO2.C9H10O3/c2*1-18(2)16(19)15(17(20)11-5-4-6-12-17)13-7-9-14(21-3)10-8-13;1-12(2)11(13)8-9-4-6-10(14-3)7-5-9;1-12-8-4-2-7(3-5-8)6-9(10)11/h2*7-10,15,20H,4-6,11-12H2,1-3H3;4-7H,8H2,1-3H3;2-5H,6H2,1H3,(H,10,11). The fourth-order valence-corrected chi connectivity index (χ4v) is 8.37. The van der Waals surface area contributed by atoms with E-state index in [0.29, 0.717) is 32.1 Å². The summed E-state index contributed by atoms with van der Waals surface area (Å²) < 4.78 is 20.3. The van der Waals surface area contributed by atoms with Crippen LogP contribution in [0.4, 0.5) is 0 Å². The fourth-order valence-electron chi connectivity index (χ4n) is 8.37. The first-order valence-electron chi connectivity index (χ1n) is 23.1. The Bertz CT molecular complexity index is 2040. The predicted octanol–water partition coefficient (Wildman–Crippen LogP) is 7.77. The molecular formula is C54H75N3O11. The molecule has 372 valence electrons. The second-order valence-corrected chi connectivity index (χ2v) is 17.9. The van der Waals surface area contributed by atoms with Gasteiger partial charge < -0.3 is 49.0 Å². The molecule has 0 aliphatic heterocycles. The quantitative estimate of drug-likeness (QED) is 0.113. The molecule has 2 saturated carbocycles. The van der Waals surface area contributed by atoms with Crippen molar-refractivity contribution in [3.63, 3.8) is 0 Å². The number of methoxy groups -OCH3 is 4. The van der Waals surface area contributed by atoms with Crippen molar-refractivity contribution in [1.82, 2.24) is 14.7 Å². The molecule has 0 saturated heterocycles. The monoisotopic (exact) mass is 942 g/mol. The third-order valence-corrected chi connectivity index (χ3v) is 12.3. The Morgan fingerprint density at radius 1 is 0.456 bits per heavy atom. The van der Waals surface area contributed by atoms with Crippen molar-refractivity contribution in [1.29, 1.82) is 0 Å². The summed E-state index contributed by atoms with van der Waals surface area (Å²) in [5, 5.41) is 30.6. The van der Waals surface area contributed by atoms with Crippen molar-refractivity contribution in [2.45, 2.75) is 100 Å². The van der Waals surface area contributed by atoms with E-state index in [1.54, 1.807) is 110 Å². The Kier molecular flexibility index (Phi) is 22.8. The van der Waals surface area contributed by atoms with Gasteiger partial charge in [0.2, 0.25) is 17.7 Å². The van der Waals surface area contributed by atoms with Gasteiger partial charge in [-0.3, -0.25) is 19.2 Å². The maximum Gasteiger partial charge on any atom is 0.307 e. The van der Waals surface area contributed by atoms with Gasteiger partial charge in [-0.25, -0.2) is 0 Å². The number of carboxylic acids is 1. The zero-order chi connectivity index (χ0) is 50.4. The number of likely N-dealkylation sites (N-methyl/N-ethyl adjacent to an activating group) is 3. The second-order valence-electron chi connectivity index (χ2n) is 17.9. The van der Waals surface area contributed by atoms with E-state index in [2.05, 4.69) is 0 Å². The van der Waals surface area contributed by atoms with Gasteiger partial charge in [0.25, 0.3) is 0 Å². The fraction of sp³-hybridized carbons (Fsp3) is 0.481. The molecular weight excluding hydrogens is 867 g/mol. The lowest BCUT2D eigenvalue weighted by atomic mass is 9.72. The highest BCUT2D eigenvalue weighted by Gasteiger charge is 2.45. The van der Waals surface area contributed by atoms with Gasteiger partial charge in [0.1, 0.15) is 23.0 Å². The van der Waals surface area contributed by atoms with Crippen LogP contribution < -0.4 is 18.9 Å². The molecule has 0 aromatic heterocycles. The van der Waals surface area contributed by atoms with Crippen LogP contribution in [0.5, 0.6) is 23.0 Å². The highest BCUT2D eigenvalue weighted by Crippen LogP contribution is 2.42. The number of aliphatic hydroxyl groups is 2. The van der Waals surface area contributed by atoms with Gasteiger partial charge in [0, 0.05) is 42.3 Å². The largest absolute Gasteiger partial charge is 0.497 e. The van der Waals surface area contributed by atoms with E-state index >= 15 is 0 Å². The highest BCUT2D eigenvalue weighted by atomic mass is 16.5. The summed E-state index contributed by atoms with van der Waals surface area (Å²) >= 11 is 0. The lowest BCUT2D eigenvalue weighted by molar-refractivity contribution is -0.140. The van der Waals surface area contributed by atoms with Crippen LogP contribution in [0.25, 0.3) is 0 Å². The summed E-state index contributed by atoms with van der Waals surface area (Å²) in [5.74, 6) is 1.27. The Morgan fingerprint density at radius 3 is 0.985 bits per heavy atom. The summed E-state index contributed by atoms with van der Waals surface area (Å²) in [6.45, 7) is 0. The summed E-state index contributed by atoms with van der Waals surface area (Å²) in [5.41, 5.74) is 1.63. The van der Waals surface area contributed by atoms with Crippen LogP contribution in [0.2, 0.25) is 0 Å². The van der Waals surface area contributed by atoms with Crippen LogP contribution >= 0.6 is 0 Å². The van der Waals surface area contributed by atoms with Crippen LogP contribution in [-0.2, 0) is 32.0 Å². The average Bonchev–Trinajstić information content (AvgIpc) is 3.33. The Hall–Kier alpha value is -6.12. The molecule has 14 heteroatoms. The molecule has 0 heterocycles. The summed E-state index contributed by atoms with van der Waals surface area (Å²) in [7, 11) is 16.9. The second kappa shape index (κ2) is 27.6. The van der Waals surface area contributed by atoms with Gasteiger partial charge in [-0.15, -0.1) is 0 Å². The summed E-state index contributed by atoms with van der Waals surface area (Å²) in [6.07, 6.45) is 9.41. The molecule has 2 aliphatic carbocycles. The number of aliphatic carboxylic acids is 1. The van der Waals surface area contributed by atoms with E-state index in [4.69, 9.17) is 24.1 Å². The van der Waals surface area contributed by atoms with Crippen molar-refractivity contribution < 1.29 is 53.4 Å². The van der Waals surface area contributed by atoms with E-state index in [1.165, 1.54) is 0 Å². The maximum absolute atomic E-state index is 12.6. The highest BCUT2D eigenvalue weighted by molar-refractivity contribution is 5.85. The van der Waals surface area contributed by atoms with Crippen molar-refractivity contribution in [2.75, 3.05) is 70.7 Å². The van der Waals surface area contributed by atoms with Gasteiger partial charge in [-0.05, 0) is 96.5 Å². The third-order valence-electron chi connectivity index (χ3n) is 12.3. The number of ether oxygens (including phenoxy) is 4. The molecule has 3 N–H and O–H groups in total. The van der Waals surface area contributed by atoms with Gasteiger partial charge in [0.05, 0.1) is 64.3 Å². The molecule has 2 aliphatic rings. The SMILES string of the molecule is COc1ccc(C(C(=O)N(C)C)C2(O)CCCCC2)cc1.COc1ccc(C(C(=O)N(C)C)C2(O)CCCCC2)cc1.COc1ccc(CC(=O)N(C)C)cc1.COc1ccc(CC(=O)O)cc1. The number of hydrogen-bond acceptors (Lipinski definition) is 10. The minimum Gasteiger partial charge on any atom is -0.497 e. The van der Waals surface area contributed by atoms with E-state index in [1.807, 2.05) is 72.8 Å².